The predicted molar refractivity (Wildman–Crippen MR) is 56.4 cm³/mol. The van der Waals surface area contributed by atoms with Gasteiger partial charge in [-0.05, 0) is 31.6 Å². The summed E-state index contributed by atoms with van der Waals surface area (Å²) < 4.78 is 2.32. The van der Waals surface area contributed by atoms with Crippen LogP contribution in [0.3, 0.4) is 0 Å². The summed E-state index contributed by atoms with van der Waals surface area (Å²) in [7, 11) is 2.16. The van der Waals surface area contributed by atoms with Crippen molar-refractivity contribution < 1.29 is 0 Å². The molecule has 0 spiro atoms. The molecule has 1 aromatic rings. The molecule has 3 heteroatoms. The second-order valence-corrected chi connectivity index (χ2v) is 4.81. The zero-order chi connectivity index (χ0) is 9.71. The molecule has 3 nitrogen and oxygen atoms in total. The molecule has 1 aliphatic carbocycles. The summed E-state index contributed by atoms with van der Waals surface area (Å²) in [6.45, 7) is 4.46. The fourth-order valence-electron chi connectivity index (χ4n) is 2.58. The van der Waals surface area contributed by atoms with Crippen LogP contribution in [-0.4, -0.2) is 23.1 Å². The molecule has 1 saturated carbocycles. The van der Waals surface area contributed by atoms with Crippen molar-refractivity contribution in [3.63, 3.8) is 0 Å². The van der Waals surface area contributed by atoms with Gasteiger partial charge >= 0.3 is 0 Å². The minimum Gasteiger partial charge on any atom is -0.345 e. The average Bonchev–Trinajstić information content (AvgIpc) is 2.89. The number of aryl methyl sites for hydroxylation is 1. The molecule has 0 radical (unpaired) electrons. The van der Waals surface area contributed by atoms with Gasteiger partial charge < -0.3 is 9.47 Å². The fourth-order valence-corrected chi connectivity index (χ4v) is 2.58. The lowest BCUT2D eigenvalue weighted by atomic mass is 10.0. The van der Waals surface area contributed by atoms with Gasteiger partial charge in [-0.2, -0.15) is 0 Å². The molecular formula is C11H17N3. The molecule has 0 amide bonds. The Labute approximate surface area is 84.7 Å². The molecule has 2 aliphatic rings. The zero-order valence-corrected chi connectivity index (χ0v) is 8.90. The maximum atomic E-state index is 4.54. The average molecular weight is 191 g/mol. The van der Waals surface area contributed by atoms with E-state index in [9.17, 15) is 0 Å². The Balaban J connectivity index is 1.91. The monoisotopic (exact) mass is 191 g/mol. The molecule has 76 valence electrons. The first-order valence-corrected chi connectivity index (χ1v) is 5.49. The number of hydrogen-bond acceptors (Lipinski definition) is 2. The van der Waals surface area contributed by atoms with Gasteiger partial charge in [-0.15, -0.1) is 0 Å². The fraction of sp³-hybridized carbons (Fsp3) is 0.727. The van der Waals surface area contributed by atoms with Crippen molar-refractivity contribution in [1.82, 2.24) is 9.55 Å². The molecule has 14 heavy (non-hydrogen) atoms. The summed E-state index contributed by atoms with van der Waals surface area (Å²) in [4.78, 5) is 6.84. The van der Waals surface area contributed by atoms with Crippen LogP contribution >= 0.6 is 0 Å². The summed E-state index contributed by atoms with van der Waals surface area (Å²) in [5, 5.41) is 0. The van der Waals surface area contributed by atoms with Gasteiger partial charge in [-0.3, -0.25) is 0 Å². The van der Waals surface area contributed by atoms with E-state index >= 15 is 0 Å². The smallest absolute Gasteiger partial charge is 0.205 e. The summed E-state index contributed by atoms with van der Waals surface area (Å²) >= 11 is 0. The first kappa shape index (κ1) is 8.33. The molecule has 1 fully saturated rings. The van der Waals surface area contributed by atoms with E-state index in [1.807, 2.05) is 0 Å². The van der Waals surface area contributed by atoms with Crippen molar-refractivity contribution >= 4 is 5.95 Å². The Kier molecular flexibility index (Phi) is 1.64. The molecular weight excluding hydrogens is 174 g/mol. The van der Waals surface area contributed by atoms with Crippen LogP contribution < -0.4 is 4.90 Å². The lowest BCUT2D eigenvalue weighted by molar-refractivity contribution is 0.369. The summed E-state index contributed by atoms with van der Waals surface area (Å²) in [6.07, 6.45) is 5.07. The van der Waals surface area contributed by atoms with Crippen molar-refractivity contribution in [1.29, 1.82) is 0 Å². The van der Waals surface area contributed by atoms with Crippen LogP contribution in [0.15, 0.2) is 6.20 Å². The Morgan fingerprint density at radius 3 is 2.79 bits per heavy atom. The maximum absolute atomic E-state index is 4.54. The van der Waals surface area contributed by atoms with Gasteiger partial charge in [0.1, 0.15) is 0 Å². The largest absolute Gasteiger partial charge is 0.345 e. The van der Waals surface area contributed by atoms with E-state index in [-0.39, 0.29) is 0 Å². The molecule has 0 aromatic carbocycles. The molecule has 3 rings (SSSR count). The van der Waals surface area contributed by atoms with Crippen molar-refractivity contribution in [2.75, 3.05) is 18.5 Å². The van der Waals surface area contributed by atoms with Gasteiger partial charge in [0.15, 0.2) is 0 Å². The number of aromatic nitrogens is 2. The van der Waals surface area contributed by atoms with Gasteiger partial charge in [0.2, 0.25) is 5.95 Å². The summed E-state index contributed by atoms with van der Waals surface area (Å²) in [5.41, 5.74) is 1.14. The lowest BCUT2D eigenvalue weighted by Gasteiger charge is -2.31. The van der Waals surface area contributed by atoms with E-state index in [0.29, 0.717) is 0 Å². The first-order valence-electron chi connectivity index (χ1n) is 5.49. The normalized spacial score (nSPS) is 26.4. The Bertz CT molecular complexity index is 351. The number of nitrogens with zero attached hydrogens (tertiary/aromatic N) is 3. The van der Waals surface area contributed by atoms with Gasteiger partial charge in [-0.1, -0.05) is 0 Å². The molecule has 0 N–H and O–H groups in total. The number of fused-ring (bicyclic) bond motifs is 1. The Morgan fingerprint density at radius 1 is 1.29 bits per heavy atom. The SMILES string of the molecule is Cc1cn2c(n1)N(C)CC(C1CC1)C2. The van der Waals surface area contributed by atoms with Gasteiger partial charge in [-0.25, -0.2) is 4.98 Å². The van der Waals surface area contributed by atoms with Crippen LogP contribution in [0.25, 0.3) is 0 Å². The highest BCUT2D eigenvalue weighted by molar-refractivity contribution is 5.34. The van der Waals surface area contributed by atoms with Crippen molar-refractivity contribution in [2.45, 2.75) is 26.3 Å². The third kappa shape index (κ3) is 1.22. The molecule has 0 saturated heterocycles. The number of rotatable bonds is 1. The van der Waals surface area contributed by atoms with Crippen molar-refractivity contribution in [2.24, 2.45) is 11.8 Å². The van der Waals surface area contributed by atoms with Crippen LogP contribution in [0.4, 0.5) is 5.95 Å². The number of anilines is 1. The summed E-state index contributed by atoms with van der Waals surface area (Å²) in [5.74, 6) is 3.01. The Morgan fingerprint density at radius 2 is 2.07 bits per heavy atom. The maximum Gasteiger partial charge on any atom is 0.205 e. The first-order chi connectivity index (χ1) is 6.74. The zero-order valence-electron chi connectivity index (χ0n) is 8.90. The molecule has 0 bridgehead atoms. The Hall–Kier alpha value is -0.990. The van der Waals surface area contributed by atoms with Crippen LogP contribution in [0.1, 0.15) is 18.5 Å². The molecule has 1 aliphatic heterocycles. The quantitative estimate of drug-likeness (QED) is 0.673. The third-order valence-corrected chi connectivity index (χ3v) is 3.45. The van der Waals surface area contributed by atoms with E-state index in [2.05, 4.69) is 34.6 Å². The third-order valence-electron chi connectivity index (χ3n) is 3.45. The van der Waals surface area contributed by atoms with Crippen LogP contribution in [0.2, 0.25) is 0 Å². The van der Waals surface area contributed by atoms with E-state index in [4.69, 9.17) is 0 Å². The molecule has 1 unspecified atom stereocenters. The van der Waals surface area contributed by atoms with E-state index in [0.717, 1.165) is 23.5 Å². The molecule has 1 atom stereocenters. The van der Waals surface area contributed by atoms with E-state index in [1.165, 1.54) is 25.9 Å². The second kappa shape index (κ2) is 2.75. The highest BCUT2D eigenvalue weighted by Crippen LogP contribution is 2.40. The van der Waals surface area contributed by atoms with Crippen molar-refractivity contribution in [3.8, 4) is 0 Å². The predicted octanol–water partition coefficient (Wildman–Crippen LogP) is 1.67. The minimum absolute atomic E-state index is 0.862. The van der Waals surface area contributed by atoms with E-state index in [1.54, 1.807) is 0 Å². The highest BCUT2D eigenvalue weighted by Gasteiger charge is 2.35. The number of imidazole rings is 1. The van der Waals surface area contributed by atoms with E-state index < -0.39 is 0 Å². The number of hydrogen-bond donors (Lipinski definition) is 0. The van der Waals surface area contributed by atoms with Gasteiger partial charge in [0.25, 0.3) is 0 Å². The standard InChI is InChI=1S/C11H17N3/c1-8-5-14-7-10(9-3-4-9)6-13(2)11(14)12-8/h5,9-10H,3-4,6-7H2,1-2H3. The van der Waals surface area contributed by atoms with Crippen molar-refractivity contribution in [3.05, 3.63) is 11.9 Å². The van der Waals surface area contributed by atoms with Gasteiger partial charge in [0.05, 0.1) is 5.69 Å². The van der Waals surface area contributed by atoms with Crippen LogP contribution in [0, 0.1) is 18.8 Å². The lowest BCUT2D eigenvalue weighted by Crippen LogP contribution is -2.36. The highest BCUT2D eigenvalue weighted by atomic mass is 15.3. The molecule has 2 heterocycles. The molecule has 1 aromatic heterocycles. The minimum atomic E-state index is 0.862. The summed E-state index contributed by atoms with van der Waals surface area (Å²) in [6, 6.07) is 0. The topological polar surface area (TPSA) is 21.1 Å². The van der Waals surface area contributed by atoms with Gasteiger partial charge in [0, 0.05) is 26.3 Å². The van der Waals surface area contributed by atoms with Crippen LogP contribution in [0.5, 0.6) is 0 Å². The van der Waals surface area contributed by atoms with Crippen LogP contribution in [-0.2, 0) is 6.54 Å². The second-order valence-electron chi connectivity index (χ2n) is 4.81.